The standard InChI is InChI=1S/C16H26N2O/c1-4-5-6-10-17-12-9-16(13-17)8-7-11-18(14(2)3)15(16)19/h14H,4,7-13H2,1-3H3. The van der Waals surface area contributed by atoms with Crippen LogP contribution in [-0.4, -0.2) is 47.9 Å². The molecule has 1 spiro atoms. The number of piperidine rings is 1. The van der Waals surface area contributed by atoms with Crippen molar-refractivity contribution >= 4 is 5.91 Å². The van der Waals surface area contributed by atoms with E-state index in [0.717, 1.165) is 51.9 Å². The summed E-state index contributed by atoms with van der Waals surface area (Å²) in [4.78, 5) is 17.2. The SMILES string of the molecule is CCC#CCN1CCC2(CCCN(C(C)C)C2=O)C1. The van der Waals surface area contributed by atoms with Gasteiger partial charge in [-0.3, -0.25) is 9.69 Å². The number of likely N-dealkylation sites (tertiary alicyclic amines) is 2. The van der Waals surface area contributed by atoms with Crippen LogP contribution >= 0.6 is 0 Å². The van der Waals surface area contributed by atoms with E-state index in [-0.39, 0.29) is 5.41 Å². The fourth-order valence-corrected chi connectivity index (χ4v) is 3.36. The Morgan fingerprint density at radius 1 is 1.26 bits per heavy atom. The van der Waals surface area contributed by atoms with Crippen molar-refractivity contribution in [1.82, 2.24) is 9.80 Å². The molecule has 3 heteroatoms. The molecule has 2 heterocycles. The second kappa shape index (κ2) is 5.96. The summed E-state index contributed by atoms with van der Waals surface area (Å²) in [6.07, 6.45) is 4.15. The Kier molecular flexibility index (Phi) is 4.52. The van der Waals surface area contributed by atoms with E-state index in [2.05, 4.69) is 42.4 Å². The van der Waals surface area contributed by atoms with Crippen LogP contribution < -0.4 is 0 Å². The molecule has 0 N–H and O–H groups in total. The van der Waals surface area contributed by atoms with E-state index in [1.54, 1.807) is 0 Å². The van der Waals surface area contributed by atoms with Crippen LogP contribution in [0.1, 0.15) is 46.5 Å². The molecule has 0 aromatic carbocycles. The van der Waals surface area contributed by atoms with Gasteiger partial charge in [0.15, 0.2) is 0 Å². The summed E-state index contributed by atoms with van der Waals surface area (Å²) in [5.41, 5.74) is -0.101. The molecule has 1 atom stereocenters. The normalized spacial score (nSPS) is 28.0. The number of hydrogen-bond acceptors (Lipinski definition) is 2. The van der Waals surface area contributed by atoms with Gasteiger partial charge in [0.05, 0.1) is 12.0 Å². The van der Waals surface area contributed by atoms with Crippen molar-refractivity contribution in [2.24, 2.45) is 5.41 Å². The van der Waals surface area contributed by atoms with Gasteiger partial charge in [0.25, 0.3) is 0 Å². The number of rotatable bonds is 2. The summed E-state index contributed by atoms with van der Waals surface area (Å²) in [6, 6.07) is 0.332. The molecule has 19 heavy (non-hydrogen) atoms. The summed E-state index contributed by atoms with van der Waals surface area (Å²) in [5.74, 6) is 6.71. The van der Waals surface area contributed by atoms with Crippen LogP contribution in [-0.2, 0) is 4.79 Å². The molecular weight excluding hydrogens is 236 g/mol. The van der Waals surface area contributed by atoms with Crippen molar-refractivity contribution in [3.63, 3.8) is 0 Å². The van der Waals surface area contributed by atoms with Gasteiger partial charge in [0.1, 0.15) is 0 Å². The Bertz CT molecular complexity index is 393. The molecule has 0 bridgehead atoms. The van der Waals surface area contributed by atoms with E-state index >= 15 is 0 Å². The van der Waals surface area contributed by atoms with Gasteiger partial charge in [-0.2, -0.15) is 0 Å². The fourth-order valence-electron chi connectivity index (χ4n) is 3.36. The average molecular weight is 262 g/mol. The molecule has 1 amide bonds. The molecule has 1 unspecified atom stereocenters. The minimum absolute atomic E-state index is 0.101. The van der Waals surface area contributed by atoms with Crippen molar-refractivity contribution in [3.8, 4) is 11.8 Å². The first-order valence-electron chi connectivity index (χ1n) is 7.58. The molecule has 0 aromatic rings. The summed E-state index contributed by atoms with van der Waals surface area (Å²) in [6.45, 7) is 10.0. The lowest BCUT2D eigenvalue weighted by Gasteiger charge is -2.41. The van der Waals surface area contributed by atoms with Crippen LogP contribution in [0.3, 0.4) is 0 Å². The molecule has 3 nitrogen and oxygen atoms in total. The Hall–Kier alpha value is -1.01. The Labute approximate surface area is 117 Å². The Morgan fingerprint density at radius 2 is 2.05 bits per heavy atom. The van der Waals surface area contributed by atoms with Gasteiger partial charge < -0.3 is 4.90 Å². The molecule has 0 radical (unpaired) electrons. The fraction of sp³-hybridized carbons (Fsp3) is 0.812. The van der Waals surface area contributed by atoms with Crippen molar-refractivity contribution in [3.05, 3.63) is 0 Å². The second-order valence-electron chi connectivity index (χ2n) is 6.14. The number of carbonyl (C=O) groups excluding carboxylic acids is 1. The highest BCUT2D eigenvalue weighted by atomic mass is 16.2. The van der Waals surface area contributed by atoms with Gasteiger partial charge in [-0.15, -0.1) is 5.92 Å². The molecule has 106 valence electrons. The van der Waals surface area contributed by atoms with Crippen molar-refractivity contribution in [2.45, 2.75) is 52.5 Å². The Balaban J connectivity index is 2.02. The smallest absolute Gasteiger partial charge is 0.230 e. The third-order valence-electron chi connectivity index (χ3n) is 4.43. The quantitative estimate of drug-likeness (QED) is 0.712. The molecular formula is C16H26N2O. The highest BCUT2D eigenvalue weighted by Crippen LogP contribution is 2.40. The number of hydrogen-bond donors (Lipinski definition) is 0. The van der Waals surface area contributed by atoms with Crippen molar-refractivity contribution < 1.29 is 4.79 Å². The maximum absolute atomic E-state index is 12.7. The van der Waals surface area contributed by atoms with E-state index < -0.39 is 0 Å². The molecule has 0 saturated carbocycles. The lowest BCUT2D eigenvalue weighted by molar-refractivity contribution is -0.147. The Morgan fingerprint density at radius 3 is 2.74 bits per heavy atom. The molecule has 0 aromatic heterocycles. The van der Waals surface area contributed by atoms with Gasteiger partial charge in [0.2, 0.25) is 5.91 Å². The predicted octanol–water partition coefficient (Wildman–Crippen LogP) is 2.12. The van der Waals surface area contributed by atoms with E-state index in [4.69, 9.17) is 0 Å². The average Bonchev–Trinajstić information content (AvgIpc) is 2.77. The van der Waals surface area contributed by atoms with E-state index in [0.29, 0.717) is 11.9 Å². The van der Waals surface area contributed by atoms with Crippen LogP contribution in [0.5, 0.6) is 0 Å². The van der Waals surface area contributed by atoms with Crippen LogP contribution in [0, 0.1) is 17.3 Å². The third kappa shape index (κ3) is 2.95. The lowest BCUT2D eigenvalue weighted by atomic mass is 9.78. The summed E-state index contributed by atoms with van der Waals surface area (Å²) < 4.78 is 0. The zero-order valence-electron chi connectivity index (χ0n) is 12.5. The third-order valence-corrected chi connectivity index (χ3v) is 4.43. The largest absolute Gasteiger partial charge is 0.340 e. The molecule has 2 aliphatic heterocycles. The summed E-state index contributed by atoms with van der Waals surface area (Å²) >= 11 is 0. The second-order valence-corrected chi connectivity index (χ2v) is 6.14. The zero-order chi connectivity index (χ0) is 13.9. The maximum atomic E-state index is 12.7. The van der Waals surface area contributed by atoms with E-state index in [9.17, 15) is 4.79 Å². The monoisotopic (exact) mass is 262 g/mol. The van der Waals surface area contributed by atoms with Crippen LogP contribution in [0.2, 0.25) is 0 Å². The molecule has 2 rings (SSSR count). The number of nitrogens with zero attached hydrogens (tertiary/aromatic N) is 2. The number of amides is 1. The van der Waals surface area contributed by atoms with Gasteiger partial charge in [-0.25, -0.2) is 0 Å². The first-order chi connectivity index (χ1) is 9.09. The van der Waals surface area contributed by atoms with Crippen LogP contribution in [0.4, 0.5) is 0 Å². The topological polar surface area (TPSA) is 23.6 Å². The lowest BCUT2D eigenvalue weighted by Crippen LogP contribution is -2.52. The summed E-state index contributed by atoms with van der Waals surface area (Å²) in [5, 5.41) is 0. The summed E-state index contributed by atoms with van der Waals surface area (Å²) in [7, 11) is 0. The first kappa shape index (κ1) is 14.4. The highest BCUT2D eigenvalue weighted by molar-refractivity contribution is 5.84. The molecule has 2 saturated heterocycles. The molecule has 0 aliphatic carbocycles. The van der Waals surface area contributed by atoms with Crippen LogP contribution in [0.15, 0.2) is 0 Å². The van der Waals surface area contributed by atoms with Crippen molar-refractivity contribution in [1.29, 1.82) is 0 Å². The minimum atomic E-state index is -0.101. The molecule has 2 fully saturated rings. The van der Waals surface area contributed by atoms with E-state index in [1.165, 1.54) is 0 Å². The van der Waals surface area contributed by atoms with Gasteiger partial charge >= 0.3 is 0 Å². The van der Waals surface area contributed by atoms with E-state index in [1.807, 2.05) is 0 Å². The zero-order valence-corrected chi connectivity index (χ0v) is 12.5. The minimum Gasteiger partial charge on any atom is -0.340 e. The first-order valence-corrected chi connectivity index (χ1v) is 7.58. The predicted molar refractivity (Wildman–Crippen MR) is 77.6 cm³/mol. The number of carbonyl (C=O) groups is 1. The van der Waals surface area contributed by atoms with Gasteiger partial charge in [-0.05, 0) is 33.1 Å². The van der Waals surface area contributed by atoms with Crippen LogP contribution in [0.25, 0.3) is 0 Å². The van der Waals surface area contributed by atoms with Gasteiger partial charge in [0, 0.05) is 32.1 Å². The maximum Gasteiger partial charge on any atom is 0.230 e. The molecule has 2 aliphatic rings. The van der Waals surface area contributed by atoms with Gasteiger partial charge in [-0.1, -0.05) is 12.8 Å². The van der Waals surface area contributed by atoms with Crippen molar-refractivity contribution in [2.75, 3.05) is 26.2 Å². The highest BCUT2D eigenvalue weighted by Gasteiger charge is 2.48.